The van der Waals surface area contributed by atoms with Gasteiger partial charge in [-0.3, -0.25) is 9.18 Å². The van der Waals surface area contributed by atoms with Crippen molar-refractivity contribution in [3.8, 4) is 0 Å². The zero-order chi connectivity index (χ0) is 16.4. The first-order valence-electron chi connectivity index (χ1n) is 7.40. The first kappa shape index (κ1) is 17.9. The Morgan fingerprint density at radius 3 is 2.59 bits per heavy atom. The number of carbonyl (C=O) groups is 1. The Balaban J connectivity index is 2.68. The molecule has 0 aromatic heterocycles. The van der Waals surface area contributed by atoms with Crippen LogP contribution in [0, 0.1) is 0 Å². The van der Waals surface area contributed by atoms with E-state index in [0.29, 0.717) is 18.9 Å². The molecule has 1 rings (SSSR count). The predicted molar refractivity (Wildman–Crippen MR) is 87.6 cm³/mol. The number of likely N-dealkylation sites (N-methyl/N-ethyl adjacent to an activating group) is 1. The fourth-order valence-electron chi connectivity index (χ4n) is 1.74. The fraction of sp³-hybridized carbons (Fsp3) is 0.500. The molecule has 0 fully saturated rings. The number of guanidine groups is 1. The van der Waals surface area contributed by atoms with Crippen LogP contribution in [0.15, 0.2) is 35.3 Å². The number of amides is 1. The van der Waals surface area contributed by atoms with Gasteiger partial charge in [-0.15, -0.1) is 0 Å². The molecule has 0 heterocycles. The highest BCUT2D eigenvalue weighted by atomic mass is 19.1. The van der Waals surface area contributed by atoms with E-state index in [1.54, 1.807) is 14.1 Å². The number of aliphatic imine (C=N–C) groups is 1. The Morgan fingerprint density at radius 1 is 1.32 bits per heavy atom. The SMILES string of the molecule is CC(NC(=NCC(=O)N(C)C)NCCCF)c1ccccc1. The van der Waals surface area contributed by atoms with Gasteiger partial charge in [0.15, 0.2) is 5.96 Å². The van der Waals surface area contributed by atoms with Crippen LogP contribution in [-0.4, -0.2) is 50.6 Å². The standard InChI is InChI=1S/C16H25FN4O/c1-13(14-8-5-4-6-9-14)20-16(18-11-7-10-17)19-12-15(22)21(2)3/h4-6,8-9,13H,7,10-12H2,1-3H3,(H2,18,19,20). The van der Waals surface area contributed by atoms with Crippen molar-refractivity contribution in [3.63, 3.8) is 0 Å². The van der Waals surface area contributed by atoms with Crippen molar-refractivity contribution >= 4 is 11.9 Å². The molecule has 0 aliphatic heterocycles. The van der Waals surface area contributed by atoms with Crippen LogP contribution in [0.3, 0.4) is 0 Å². The summed E-state index contributed by atoms with van der Waals surface area (Å²) in [5.41, 5.74) is 1.11. The van der Waals surface area contributed by atoms with E-state index < -0.39 is 0 Å². The van der Waals surface area contributed by atoms with E-state index in [0.717, 1.165) is 5.56 Å². The van der Waals surface area contributed by atoms with Crippen molar-refractivity contribution in [2.24, 2.45) is 4.99 Å². The molecule has 0 spiro atoms. The summed E-state index contributed by atoms with van der Waals surface area (Å²) in [5.74, 6) is 0.430. The predicted octanol–water partition coefficient (Wildman–Crippen LogP) is 1.73. The summed E-state index contributed by atoms with van der Waals surface area (Å²) in [6, 6.07) is 9.96. The van der Waals surface area contributed by atoms with E-state index in [-0.39, 0.29) is 25.2 Å². The first-order valence-corrected chi connectivity index (χ1v) is 7.40. The zero-order valence-corrected chi connectivity index (χ0v) is 13.5. The molecule has 0 saturated carbocycles. The Morgan fingerprint density at radius 2 is 2.00 bits per heavy atom. The van der Waals surface area contributed by atoms with Gasteiger partial charge < -0.3 is 15.5 Å². The molecule has 1 atom stereocenters. The topological polar surface area (TPSA) is 56.7 Å². The lowest BCUT2D eigenvalue weighted by molar-refractivity contribution is -0.127. The van der Waals surface area contributed by atoms with Crippen LogP contribution in [0.25, 0.3) is 0 Å². The molecular formula is C16H25FN4O. The van der Waals surface area contributed by atoms with E-state index in [1.807, 2.05) is 37.3 Å². The molecule has 122 valence electrons. The Hall–Kier alpha value is -2.11. The van der Waals surface area contributed by atoms with Crippen LogP contribution in [0.2, 0.25) is 0 Å². The maximum Gasteiger partial charge on any atom is 0.243 e. The average molecular weight is 308 g/mol. The van der Waals surface area contributed by atoms with Gasteiger partial charge >= 0.3 is 0 Å². The average Bonchev–Trinajstić information content (AvgIpc) is 2.52. The lowest BCUT2D eigenvalue weighted by atomic mass is 10.1. The summed E-state index contributed by atoms with van der Waals surface area (Å²) < 4.78 is 12.2. The molecule has 1 unspecified atom stereocenters. The third-order valence-electron chi connectivity index (χ3n) is 3.13. The van der Waals surface area contributed by atoms with Gasteiger partial charge in [0.05, 0.1) is 12.7 Å². The molecule has 0 bridgehead atoms. The molecule has 2 N–H and O–H groups in total. The van der Waals surface area contributed by atoms with Crippen LogP contribution in [0.1, 0.15) is 24.9 Å². The number of benzene rings is 1. The van der Waals surface area contributed by atoms with Crippen LogP contribution in [-0.2, 0) is 4.79 Å². The molecule has 1 aromatic carbocycles. The fourth-order valence-corrected chi connectivity index (χ4v) is 1.74. The monoisotopic (exact) mass is 308 g/mol. The van der Waals surface area contributed by atoms with Crippen LogP contribution < -0.4 is 10.6 Å². The van der Waals surface area contributed by atoms with E-state index in [9.17, 15) is 9.18 Å². The molecule has 0 aliphatic rings. The van der Waals surface area contributed by atoms with Gasteiger partial charge in [0, 0.05) is 20.6 Å². The molecular weight excluding hydrogens is 283 g/mol. The van der Waals surface area contributed by atoms with Crippen molar-refractivity contribution in [2.75, 3.05) is 33.9 Å². The van der Waals surface area contributed by atoms with Crippen LogP contribution in [0.4, 0.5) is 4.39 Å². The van der Waals surface area contributed by atoms with Crippen molar-refractivity contribution < 1.29 is 9.18 Å². The van der Waals surface area contributed by atoms with Gasteiger partial charge in [-0.25, -0.2) is 4.99 Å². The second-order valence-corrected chi connectivity index (χ2v) is 5.20. The maximum absolute atomic E-state index is 12.2. The quantitative estimate of drug-likeness (QED) is 0.458. The smallest absolute Gasteiger partial charge is 0.243 e. The van der Waals surface area contributed by atoms with Gasteiger partial charge in [0.1, 0.15) is 6.54 Å². The molecule has 1 amide bonds. The summed E-state index contributed by atoms with van der Waals surface area (Å²) in [7, 11) is 3.38. The number of rotatable bonds is 7. The zero-order valence-electron chi connectivity index (χ0n) is 13.5. The Labute approximate surface area is 131 Å². The van der Waals surface area contributed by atoms with Gasteiger partial charge in [-0.2, -0.15) is 0 Å². The number of alkyl halides is 1. The van der Waals surface area contributed by atoms with Gasteiger partial charge in [-0.05, 0) is 18.9 Å². The lowest BCUT2D eigenvalue weighted by Gasteiger charge is -2.19. The van der Waals surface area contributed by atoms with E-state index in [2.05, 4.69) is 15.6 Å². The Bertz CT molecular complexity index is 476. The molecule has 6 heteroatoms. The number of halogens is 1. The third-order valence-corrected chi connectivity index (χ3v) is 3.13. The number of nitrogens with zero attached hydrogens (tertiary/aromatic N) is 2. The number of hydrogen-bond acceptors (Lipinski definition) is 2. The van der Waals surface area contributed by atoms with Gasteiger partial charge in [-0.1, -0.05) is 30.3 Å². The minimum absolute atomic E-state index is 0.0345. The lowest BCUT2D eigenvalue weighted by Crippen LogP contribution is -2.40. The van der Waals surface area contributed by atoms with Crippen molar-refractivity contribution in [1.29, 1.82) is 0 Å². The van der Waals surface area contributed by atoms with Crippen molar-refractivity contribution in [2.45, 2.75) is 19.4 Å². The molecule has 0 radical (unpaired) electrons. The summed E-state index contributed by atoms with van der Waals surface area (Å²) in [6.45, 7) is 2.15. The second-order valence-electron chi connectivity index (χ2n) is 5.20. The molecule has 22 heavy (non-hydrogen) atoms. The number of nitrogens with one attached hydrogen (secondary N) is 2. The largest absolute Gasteiger partial charge is 0.356 e. The van der Waals surface area contributed by atoms with E-state index in [1.165, 1.54) is 4.90 Å². The summed E-state index contributed by atoms with van der Waals surface area (Å²) >= 11 is 0. The normalized spacial score (nSPS) is 12.6. The number of hydrogen-bond donors (Lipinski definition) is 2. The van der Waals surface area contributed by atoms with Crippen LogP contribution >= 0.6 is 0 Å². The second kappa shape index (κ2) is 9.76. The minimum Gasteiger partial charge on any atom is -0.356 e. The third kappa shape index (κ3) is 6.56. The van der Waals surface area contributed by atoms with E-state index >= 15 is 0 Å². The van der Waals surface area contributed by atoms with Crippen molar-refractivity contribution in [3.05, 3.63) is 35.9 Å². The highest BCUT2D eigenvalue weighted by molar-refractivity contribution is 5.85. The first-order chi connectivity index (χ1) is 10.5. The Kier molecular flexibility index (Phi) is 7.96. The molecule has 0 aliphatic carbocycles. The highest BCUT2D eigenvalue weighted by Gasteiger charge is 2.09. The molecule has 1 aromatic rings. The number of carbonyl (C=O) groups excluding carboxylic acids is 1. The summed E-state index contributed by atoms with van der Waals surface area (Å²) in [5, 5.41) is 6.28. The summed E-state index contributed by atoms with van der Waals surface area (Å²) in [6.07, 6.45) is 0.405. The highest BCUT2D eigenvalue weighted by Crippen LogP contribution is 2.10. The van der Waals surface area contributed by atoms with Crippen molar-refractivity contribution in [1.82, 2.24) is 15.5 Å². The van der Waals surface area contributed by atoms with Crippen LogP contribution in [0.5, 0.6) is 0 Å². The van der Waals surface area contributed by atoms with Gasteiger partial charge in [0.2, 0.25) is 5.91 Å². The van der Waals surface area contributed by atoms with Gasteiger partial charge in [0.25, 0.3) is 0 Å². The summed E-state index contributed by atoms with van der Waals surface area (Å²) in [4.78, 5) is 17.4. The minimum atomic E-state index is -0.384. The van der Waals surface area contributed by atoms with E-state index in [4.69, 9.17) is 0 Å². The maximum atomic E-state index is 12.2. The molecule has 0 saturated heterocycles. The molecule has 5 nitrogen and oxygen atoms in total.